The molecule has 0 radical (unpaired) electrons. The van der Waals surface area contributed by atoms with Gasteiger partial charge in [-0.15, -0.1) is 0 Å². The molecule has 1 N–H and O–H groups in total. The van der Waals surface area contributed by atoms with Crippen molar-refractivity contribution in [1.29, 1.82) is 0 Å². The minimum Gasteiger partial charge on any atom is -0.480 e. The van der Waals surface area contributed by atoms with Crippen LogP contribution < -0.4 is 4.90 Å². The van der Waals surface area contributed by atoms with Gasteiger partial charge in [0.25, 0.3) is 0 Å². The van der Waals surface area contributed by atoms with E-state index in [9.17, 15) is 9.90 Å². The minimum absolute atomic E-state index is 0.454. The zero-order chi connectivity index (χ0) is 11.5. The molecule has 86 valence electrons. The molecule has 0 aliphatic carbocycles. The first-order valence-electron chi connectivity index (χ1n) is 5.47. The molecule has 0 spiro atoms. The average molecular weight is 221 g/mol. The van der Waals surface area contributed by atoms with Crippen molar-refractivity contribution in [3.8, 4) is 0 Å². The molecule has 5 nitrogen and oxygen atoms in total. The third-order valence-corrected chi connectivity index (χ3v) is 2.92. The first-order chi connectivity index (χ1) is 7.70. The van der Waals surface area contributed by atoms with Gasteiger partial charge in [0.1, 0.15) is 6.04 Å². The van der Waals surface area contributed by atoms with Crippen molar-refractivity contribution in [3.05, 3.63) is 18.1 Å². The van der Waals surface area contributed by atoms with Gasteiger partial charge in [0.05, 0.1) is 5.69 Å². The lowest BCUT2D eigenvalue weighted by atomic mass is 10.0. The summed E-state index contributed by atoms with van der Waals surface area (Å²) in [5, 5.41) is 9.17. The number of carbonyl (C=O) groups is 1. The third kappa shape index (κ3) is 1.98. The van der Waals surface area contributed by atoms with Crippen molar-refractivity contribution in [2.45, 2.75) is 32.2 Å². The zero-order valence-corrected chi connectivity index (χ0v) is 9.26. The lowest BCUT2D eigenvalue weighted by Crippen LogP contribution is -2.45. The van der Waals surface area contributed by atoms with E-state index in [4.69, 9.17) is 0 Å². The van der Waals surface area contributed by atoms with Crippen LogP contribution in [0.1, 0.15) is 25.0 Å². The van der Waals surface area contributed by atoms with Gasteiger partial charge < -0.3 is 10.0 Å². The van der Waals surface area contributed by atoms with Crippen LogP contribution in [0.4, 0.5) is 5.82 Å². The number of anilines is 1. The number of hydrogen-bond donors (Lipinski definition) is 1. The molecule has 1 aliphatic rings. The highest BCUT2D eigenvalue weighted by molar-refractivity contribution is 5.78. The number of carboxylic acid groups (broad SMARTS) is 1. The molecule has 1 aliphatic heterocycles. The van der Waals surface area contributed by atoms with E-state index in [-0.39, 0.29) is 0 Å². The Morgan fingerprint density at radius 2 is 2.19 bits per heavy atom. The summed E-state index contributed by atoms with van der Waals surface area (Å²) in [6.45, 7) is 2.60. The van der Waals surface area contributed by atoms with Gasteiger partial charge in [-0.1, -0.05) is 0 Å². The van der Waals surface area contributed by atoms with Crippen molar-refractivity contribution < 1.29 is 9.90 Å². The van der Waals surface area contributed by atoms with Crippen LogP contribution in [0.2, 0.25) is 0 Å². The van der Waals surface area contributed by atoms with Crippen LogP contribution in [0, 0.1) is 6.92 Å². The monoisotopic (exact) mass is 221 g/mol. The molecule has 1 aromatic heterocycles. The van der Waals surface area contributed by atoms with Crippen molar-refractivity contribution >= 4 is 11.8 Å². The number of piperidine rings is 1. The molecule has 1 aromatic rings. The minimum atomic E-state index is -0.773. The van der Waals surface area contributed by atoms with Gasteiger partial charge in [0, 0.05) is 18.9 Å². The van der Waals surface area contributed by atoms with E-state index in [0.29, 0.717) is 12.2 Å². The van der Waals surface area contributed by atoms with Gasteiger partial charge in [0.2, 0.25) is 0 Å². The van der Waals surface area contributed by atoms with Gasteiger partial charge in [-0.2, -0.15) is 0 Å². The molecule has 2 rings (SSSR count). The Morgan fingerprint density at radius 3 is 2.88 bits per heavy atom. The Labute approximate surface area is 94.1 Å². The molecule has 1 fully saturated rings. The van der Waals surface area contributed by atoms with Crippen LogP contribution in [0.15, 0.2) is 12.4 Å². The predicted molar refractivity (Wildman–Crippen MR) is 59.4 cm³/mol. The van der Waals surface area contributed by atoms with Crippen LogP contribution in [0.3, 0.4) is 0 Å². The zero-order valence-electron chi connectivity index (χ0n) is 9.26. The van der Waals surface area contributed by atoms with E-state index in [0.717, 1.165) is 25.1 Å². The Bertz CT molecular complexity index is 395. The molecule has 16 heavy (non-hydrogen) atoms. The summed E-state index contributed by atoms with van der Waals surface area (Å²) in [7, 11) is 0. The smallest absolute Gasteiger partial charge is 0.326 e. The summed E-state index contributed by atoms with van der Waals surface area (Å²) in [5.74, 6) is -0.0700. The predicted octanol–water partition coefficient (Wildman–Crippen LogP) is 1.23. The first-order valence-corrected chi connectivity index (χ1v) is 5.47. The molecule has 1 saturated heterocycles. The maximum absolute atomic E-state index is 11.2. The van der Waals surface area contributed by atoms with Crippen molar-refractivity contribution in [1.82, 2.24) is 9.97 Å². The highest BCUT2D eigenvalue weighted by atomic mass is 16.4. The Hall–Kier alpha value is -1.65. The Kier molecular flexibility index (Phi) is 3.03. The second-order valence-corrected chi connectivity index (χ2v) is 4.01. The van der Waals surface area contributed by atoms with E-state index in [1.165, 1.54) is 0 Å². The SMILES string of the molecule is Cc1nccnc1N1CCCC[C@H]1C(=O)O. The maximum atomic E-state index is 11.2. The average Bonchev–Trinajstić information content (AvgIpc) is 2.29. The fraction of sp³-hybridized carbons (Fsp3) is 0.545. The largest absolute Gasteiger partial charge is 0.480 e. The van der Waals surface area contributed by atoms with Crippen LogP contribution in [-0.2, 0) is 4.79 Å². The highest BCUT2D eigenvalue weighted by Crippen LogP contribution is 2.24. The number of hydrogen-bond acceptors (Lipinski definition) is 4. The molecular formula is C11H15N3O2. The summed E-state index contributed by atoms with van der Waals surface area (Å²) < 4.78 is 0. The summed E-state index contributed by atoms with van der Waals surface area (Å²) in [4.78, 5) is 21.4. The van der Waals surface area contributed by atoms with Crippen molar-refractivity contribution in [2.24, 2.45) is 0 Å². The fourth-order valence-corrected chi connectivity index (χ4v) is 2.12. The first kappa shape index (κ1) is 10.9. The van der Waals surface area contributed by atoms with E-state index in [1.807, 2.05) is 11.8 Å². The summed E-state index contributed by atoms with van der Waals surface area (Å²) in [5.41, 5.74) is 0.788. The topological polar surface area (TPSA) is 66.3 Å². The normalized spacial score (nSPS) is 20.8. The highest BCUT2D eigenvalue weighted by Gasteiger charge is 2.30. The molecule has 0 aromatic carbocycles. The summed E-state index contributed by atoms with van der Waals surface area (Å²) in [6, 6.07) is -0.454. The number of aryl methyl sites for hydroxylation is 1. The number of aromatic nitrogens is 2. The van der Waals surface area contributed by atoms with Crippen LogP contribution >= 0.6 is 0 Å². The Balaban J connectivity index is 2.30. The van der Waals surface area contributed by atoms with Gasteiger partial charge in [-0.05, 0) is 26.2 Å². The van der Waals surface area contributed by atoms with E-state index in [1.54, 1.807) is 12.4 Å². The second-order valence-electron chi connectivity index (χ2n) is 4.01. The number of rotatable bonds is 2. The lowest BCUT2D eigenvalue weighted by molar-refractivity contribution is -0.139. The molecule has 0 saturated carbocycles. The molecule has 0 unspecified atom stereocenters. The van der Waals surface area contributed by atoms with Crippen LogP contribution in [-0.4, -0.2) is 33.6 Å². The molecule has 2 heterocycles. The number of carboxylic acids is 1. The molecule has 0 bridgehead atoms. The fourth-order valence-electron chi connectivity index (χ4n) is 2.12. The van der Waals surface area contributed by atoms with Crippen molar-refractivity contribution in [2.75, 3.05) is 11.4 Å². The summed E-state index contributed by atoms with van der Waals surface area (Å²) in [6.07, 6.45) is 5.90. The van der Waals surface area contributed by atoms with Gasteiger partial charge in [-0.25, -0.2) is 9.78 Å². The van der Waals surface area contributed by atoms with Crippen LogP contribution in [0.5, 0.6) is 0 Å². The van der Waals surface area contributed by atoms with E-state index >= 15 is 0 Å². The van der Waals surface area contributed by atoms with Crippen LogP contribution in [0.25, 0.3) is 0 Å². The maximum Gasteiger partial charge on any atom is 0.326 e. The quantitative estimate of drug-likeness (QED) is 0.813. The second kappa shape index (κ2) is 4.47. The Morgan fingerprint density at radius 1 is 1.44 bits per heavy atom. The molecule has 1 atom stereocenters. The third-order valence-electron chi connectivity index (χ3n) is 2.92. The molecule has 5 heteroatoms. The molecular weight excluding hydrogens is 206 g/mol. The van der Waals surface area contributed by atoms with Crippen molar-refractivity contribution in [3.63, 3.8) is 0 Å². The van der Waals surface area contributed by atoms with E-state index < -0.39 is 12.0 Å². The van der Waals surface area contributed by atoms with Gasteiger partial charge >= 0.3 is 5.97 Å². The van der Waals surface area contributed by atoms with Gasteiger partial charge in [-0.3, -0.25) is 4.98 Å². The molecule has 0 amide bonds. The standard InChI is InChI=1S/C11H15N3O2/c1-8-10(13-6-5-12-8)14-7-3-2-4-9(14)11(15)16/h5-6,9H,2-4,7H2,1H3,(H,15,16)/t9-/m0/s1. The number of nitrogens with zero attached hydrogens (tertiary/aromatic N) is 3. The number of aliphatic carboxylic acids is 1. The summed E-state index contributed by atoms with van der Waals surface area (Å²) >= 11 is 0. The van der Waals surface area contributed by atoms with E-state index in [2.05, 4.69) is 9.97 Å². The lowest BCUT2D eigenvalue weighted by Gasteiger charge is -2.34. The van der Waals surface area contributed by atoms with Gasteiger partial charge in [0.15, 0.2) is 5.82 Å².